The highest BCUT2D eigenvalue weighted by Crippen LogP contribution is 2.44. The van der Waals surface area contributed by atoms with Crippen LogP contribution in [0.3, 0.4) is 0 Å². The lowest BCUT2D eigenvalue weighted by molar-refractivity contribution is -0.149. The topological polar surface area (TPSA) is 183 Å². The van der Waals surface area contributed by atoms with Crippen LogP contribution in [0.1, 0.15) is 53.8 Å². The number of nitrogens with one attached hydrogen (secondary N) is 2. The molecule has 49 heavy (non-hydrogen) atoms. The van der Waals surface area contributed by atoms with Crippen LogP contribution in [0, 0.1) is 17.6 Å². The summed E-state index contributed by atoms with van der Waals surface area (Å²) in [6.45, 7) is 2.93. The summed E-state index contributed by atoms with van der Waals surface area (Å²) in [4.78, 5) is 53.1. The van der Waals surface area contributed by atoms with Crippen molar-refractivity contribution in [2.45, 2.75) is 37.2 Å². The number of nitrogens with zero attached hydrogens (tertiary/aromatic N) is 1. The number of rotatable bonds is 12. The van der Waals surface area contributed by atoms with Crippen molar-refractivity contribution in [2.24, 2.45) is 11.7 Å². The van der Waals surface area contributed by atoms with Gasteiger partial charge in [0, 0.05) is 17.8 Å². The minimum atomic E-state index is -3.98. The van der Waals surface area contributed by atoms with E-state index in [9.17, 15) is 32.0 Å². The Hall–Kier alpha value is -5.25. The summed E-state index contributed by atoms with van der Waals surface area (Å²) >= 11 is 0. The van der Waals surface area contributed by atoms with Crippen molar-refractivity contribution in [1.82, 2.24) is 4.90 Å². The third-order valence-electron chi connectivity index (χ3n) is 8.05. The van der Waals surface area contributed by atoms with Crippen LogP contribution >= 0.6 is 0 Å². The smallest absolute Gasteiger partial charge is 0.411 e. The molecular weight excluding hydrogens is 666 g/mol. The SMILES string of the molecule is CCOC(=O)[C@@H]1CCN(C(=O)[C@@H](Nc2cc(C(N)=O)ccc2F)c2ccc(F)c(OC)c2)[C@H]1c1cc(NC(=O)OC)ccc1S(=O)(=O)CC. The van der Waals surface area contributed by atoms with Gasteiger partial charge in [0.05, 0.1) is 49.1 Å². The standard InChI is InChI=1S/C33H36F2N4O9S/c1-5-48-32(42)21-13-14-39(29(21)22-17-20(37-33(43)47-4)9-12-27(22)49(44,45)6-2)31(41)28(18-7-11-24(35)26(16-18)46-3)38-25-15-19(30(36)40)8-10-23(25)34/h7-12,15-17,21,28-29,38H,5-6,13-14H2,1-4H3,(H2,36,40)(H,37,43)/t21-,28+,29-/m1/s1. The summed E-state index contributed by atoms with van der Waals surface area (Å²) in [5, 5.41) is 5.26. The van der Waals surface area contributed by atoms with Crippen LogP contribution in [-0.2, 0) is 28.9 Å². The average Bonchev–Trinajstić information content (AvgIpc) is 3.53. The number of carbonyl (C=O) groups excluding carboxylic acids is 4. The number of likely N-dealkylation sites (tertiary alicyclic amines) is 1. The van der Waals surface area contributed by atoms with E-state index in [1.165, 1.54) is 49.3 Å². The van der Waals surface area contributed by atoms with Crippen molar-refractivity contribution >= 4 is 45.1 Å². The lowest BCUT2D eigenvalue weighted by Crippen LogP contribution is -2.40. The highest BCUT2D eigenvalue weighted by Gasteiger charge is 2.46. The molecule has 1 saturated heterocycles. The van der Waals surface area contributed by atoms with E-state index in [0.29, 0.717) is 0 Å². The van der Waals surface area contributed by atoms with Gasteiger partial charge in [0.15, 0.2) is 21.4 Å². The molecule has 0 spiro atoms. The maximum Gasteiger partial charge on any atom is 0.411 e. The van der Waals surface area contributed by atoms with Crippen LogP contribution in [0.2, 0.25) is 0 Å². The summed E-state index contributed by atoms with van der Waals surface area (Å²) < 4.78 is 71.6. The maximum absolute atomic E-state index is 15.2. The number of amides is 3. The van der Waals surface area contributed by atoms with Gasteiger partial charge in [0.25, 0.3) is 0 Å². The number of primary amides is 1. The number of benzene rings is 3. The number of methoxy groups -OCH3 is 2. The third-order valence-corrected chi connectivity index (χ3v) is 9.85. The van der Waals surface area contributed by atoms with E-state index in [-0.39, 0.29) is 64.0 Å². The molecule has 16 heteroatoms. The zero-order chi connectivity index (χ0) is 36.0. The van der Waals surface area contributed by atoms with Crippen LogP contribution in [-0.4, -0.2) is 70.3 Å². The lowest BCUT2D eigenvalue weighted by Gasteiger charge is -2.33. The van der Waals surface area contributed by atoms with Gasteiger partial charge < -0.3 is 30.2 Å². The maximum atomic E-state index is 15.2. The van der Waals surface area contributed by atoms with Gasteiger partial charge in [-0.05, 0) is 73.0 Å². The number of halogens is 2. The minimum absolute atomic E-state index is 0.00487. The monoisotopic (exact) mass is 702 g/mol. The second kappa shape index (κ2) is 15.3. The molecular formula is C33H36F2N4O9S. The van der Waals surface area contributed by atoms with Gasteiger partial charge in [-0.25, -0.2) is 22.0 Å². The molecule has 4 rings (SSSR count). The highest BCUT2D eigenvalue weighted by molar-refractivity contribution is 7.91. The van der Waals surface area contributed by atoms with E-state index >= 15 is 4.39 Å². The second-order valence-corrected chi connectivity index (χ2v) is 13.2. The fourth-order valence-electron chi connectivity index (χ4n) is 5.64. The van der Waals surface area contributed by atoms with E-state index in [1.54, 1.807) is 6.92 Å². The summed E-state index contributed by atoms with van der Waals surface area (Å²) in [5.41, 5.74) is 5.26. The van der Waals surface area contributed by atoms with Gasteiger partial charge in [0.1, 0.15) is 11.9 Å². The molecule has 0 radical (unpaired) electrons. The zero-order valence-electron chi connectivity index (χ0n) is 27.1. The Balaban J connectivity index is 1.94. The predicted molar refractivity (Wildman–Crippen MR) is 174 cm³/mol. The van der Waals surface area contributed by atoms with E-state index in [1.807, 2.05) is 0 Å². The van der Waals surface area contributed by atoms with Crippen molar-refractivity contribution in [3.63, 3.8) is 0 Å². The third kappa shape index (κ3) is 7.91. The first kappa shape index (κ1) is 36.6. The molecule has 13 nitrogen and oxygen atoms in total. The Bertz CT molecular complexity index is 1870. The summed E-state index contributed by atoms with van der Waals surface area (Å²) in [6.07, 6.45) is -0.811. The normalized spacial score (nSPS) is 16.4. The van der Waals surface area contributed by atoms with E-state index in [4.69, 9.17) is 15.2 Å². The fraction of sp³-hybridized carbons (Fsp3) is 0.333. The first-order valence-electron chi connectivity index (χ1n) is 15.1. The Labute approximate surface area is 281 Å². The second-order valence-electron chi connectivity index (χ2n) is 10.9. The predicted octanol–water partition coefficient (Wildman–Crippen LogP) is 4.35. The summed E-state index contributed by atoms with van der Waals surface area (Å²) in [5.74, 6) is -5.57. The van der Waals surface area contributed by atoms with Gasteiger partial charge in [-0.3, -0.25) is 19.7 Å². The fourth-order valence-corrected chi connectivity index (χ4v) is 6.76. The molecule has 1 heterocycles. The molecule has 3 amide bonds. The molecule has 1 aliphatic heterocycles. The first-order chi connectivity index (χ1) is 23.3. The van der Waals surface area contributed by atoms with Gasteiger partial charge >= 0.3 is 12.1 Å². The van der Waals surface area contributed by atoms with Crippen molar-refractivity contribution in [1.29, 1.82) is 0 Å². The van der Waals surface area contributed by atoms with E-state index in [0.717, 1.165) is 31.4 Å². The van der Waals surface area contributed by atoms with Crippen molar-refractivity contribution < 1.29 is 50.6 Å². The van der Waals surface area contributed by atoms with Gasteiger partial charge in [-0.1, -0.05) is 13.0 Å². The largest absolute Gasteiger partial charge is 0.494 e. The summed E-state index contributed by atoms with van der Waals surface area (Å²) in [6, 6.07) is 7.95. The number of nitrogens with two attached hydrogens (primary N) is 1. The molecule has 262 valence electrons. The Morgan fingerprint density at radius 2 is 1.71 bits per heavy atom. The van der Waals surface area contributed by atoms with Gasteiger partial charge in [0.2, 0.25) is 11.8 Å². The number of ether oxygens (including phenoxy) is 3. The average molecular weight is 703 g/mol. The van der Waals surface area contributed by atoms with Crippen molar-refractivity contribution in [2.75, 3.05) is 43.8 Å². The van der Waals surface area contributed by atoms with Crippen LogP contribution in [0.25, 0.3) is 0 Å². The number of carbonyl (C=O) groups is 4. The van der Waals surface area contributed by atoms with Crippen LogP contribution in [0.5, 0.6) is 5.75 Å². The highest BCUT2D eigenvalue weighted by atomic mass is 32.2. The van der Waals surface area contributed by atoms with E-state index in [2.05, 4.69) is 15.4 Å². The van der Waals surface area contributed by atoms with Crippen molar-refractivity contribution in [3.05, 3.63) is 82.9 Å². The molecule has 0 aliphatic carbocycles. The molecule has 3 aromatic carbocycles. The van der Waals surface area contributed by atoms with Crippen LogP contribution in [0.4, 0.5) is 25.0 Å². The lowest BCUT2D eigenvalue weighted by atomic mass is 9.92. The molecule has 1 aliphatic rings. The number of hydrogen-bond donors (Lipinski definition) is 3. The number of anilines is 2. The molecule has 3 aromatic rings. The number of sulfone groups is 1. The van der Waals surface area contributed by atoms with E-state index < -0.39 is 63.4 Å². The quantitative estimate of drug-likeness (QED) is 0.230. The molecule has 0 aromatic heterocycles. The molecule has 0 unspecified atom stereocenters. The molecule has 3 atom stereocenters. The van der Waals surface area contributed by atoms with Crippen molar-refractivity contribution in [3.8, 4) is 5.75 Å². The molecule has 0 saturated carbocycles. The Morgan fingerprint density at radius 1 is 1.00 bits per heavy atom. The molecule has 4 N–H and O–H groups in total. The van der Waals surface area contributed by atoms with Crippen LogP contribution < -0.4 is 21.1 Å². The molecule has 1 fully saturated rings. The number of esters is 1. The zero-order valence-corrected chi connectivity index (χ0v) is 27.9. The Kier molecular flexibility index (Phi) is 11.4. The Morgan fingerprint density at radius 3 is 2.35 bits per heavy atom. The van der Waals surface area contributed by atoms with Gasteiger partial charge in [-0.15, -0.1) is 0 Å². The van der Waals surface area contributed by atoms with Gasteiger partial charge in [-0.2, -0.15) is 0 Å². The minimum Gasteiger partial charge on any atom is -0.494 e. The molecule has 0 bridgehead atoms. The van der Waals surface area contributed by atoms with Crippen LogP contribution in [0.15, 0.2) is 59.5 Å². The summed E-state index contributed by atoms with van der Waals surface area (Å²) in [7, 11) is -1.63. The first-order valence-corrected chi connectivity index (χ1v) is 16.8. The number of hydrogen-bond acceptors (Lipinski definition) is 10.